The number of para-hydroxylation sites is 2. The Bertz CT molecular complexity index is 1310. The van der Waals surface area contributed by atoms with Gasteiger partial charge in [-0.1, -0.05) is 30.0 Å². The maximum Gasteiger partial charge on any atom is 0.280 e. The van der Waals surface area contributed by atoms with Crippen LogP contribution in [0.15, 0.2) is 51.7 Å². The number of hydrogen-bond acceptors (Lipinski definition) is 7. The lowest BCUT2D eigenvalue weighted by atomic mass is 10.3. The number of ether oxygens (including phenoxy) is 1. The second kappa shape index (κ2) is 9.58. The first-order valence-electron chi connectivity index (χ1n) is 10.1. The summed E-state index contributed by atoms with van der Waals surface area (Å²) in [4.78, 5) is 31.8. The third kappa shape index (κ3) is 4.42. The van der Waals surface area contributed by atoms with Gasteiger partial charge in [0.25, 0.3) is 5.56 Å². The van der Waals surface area contributed by atoms with Crippen LogP contribution in [0.1, 0.15) is 17.5 Å². The zero-order valence-corrected chi connectivity index (χ0v) is 19.6. The number of methoxy groups -OCH3 is 1. The number of aromatic nitrogens is 4. The second-order valence-corrected chi connectivity index (χ2v) is 8.98. The number of rotatable bonds is 8. The van der Waals surface area contributed by atoms with Gasteiger partial charge in [-0.2, -0.15) is 5.10 Å². The minimum atomic E-state index is -0.211. The Morgan fingerprint density at radius 3 is 2.78 bits per heavy atom. The van der Waals surface area contributed by atoms with Crippen LogP contribution in [-0.2, 0) is 17.9 Å². The van der Waals surface area contributed by atoms with E-state index in [1.807, 2.05) is 43.5 Å². The summed E-state index contributed by atoms with van der Waals surface area (Å²) in [6, 6.07) is 11.2. The van der Waals surface area contributed by atoms with Gasteiger partial charge in [-0.25, -0.2) is 4.98 Å². The molecule has 0 atom stereocenters. The molecule has 0 radical (unpaired) electrons. The number of carbonyl (C=O) groups is 1. The Balaban J connectivity index is 1.65. The highest BCUT2D eigenvalue weighted by atomic mass is 32.2. The standard InChI is InChI=1S/C22H23N5O3S2/c1-4-27-20-19(14(2)25-27)24-22(26(21(20)29)12-15-8-7-11-31-15)32-13-18(28)23-16-9-5-6-10-17(16)30-3/h5-11H,4,12-13H2,1-3H3,(H,23,28). The highest BCUT2D eigenvalue weighted by Gasteiger charge is 2.19. The number of nitrogens with one attached hydrogen (secondary N) is 1. The molecule has 0 bridgehead atoms. The van der Waals surface area contributed by atoms with Gasteiger partial charge in [0.15, 0.2) is 10.7 Å². The number of thiophene rings is 1. The number of benzene rings is 1. The number of thioether (sulfide) groups is 1. The molecule has 0 spiro atoms. The SMILES string of the molecule is CCn1nc(C)c2nc(SCC(=O)Nc3ccccc3OC)n(Cc3cccs3)c(=O)c21. The number of carbonyl (C=O) groups excluding carboxylic acids is 1. The molecule has 1 aromatic carbocycles. The second-order valence-electron chi connectivity index (χ2n) is 7.00. The molecule has 166 valence electrons. The van der Waals surface area contributed by atoms with Crippen molar-refractivity contribution < 1.29 is 9.53 Å². The van der Waals surface area contributed by atoms with Crippen LogP contribution in [0.3, 0.4) is 0 Å². The molecule has 4 aromatic rings. The lowest BCUT2D eigenvalue weighted by Gasteiger charge is -2.13. The van der Waals surface area contributed by atoms with Crippen molar-refractivity contribution in [2.45, 2.75) is 32.1 Å². The fourth-order valence-corrected chi connectivity index (χ4v) is 4.87. The fraction of sp³-hybridized carbons (Fsp3) is 0.273. The van der Waals surface area contributed by atoms with Crippen LogP contribution in [-0.4, -0.2) is 38.1 Å². The van der Waals surface area contributed by atoms with Gasteiger partial charge in [-0.3, -0.25) is 18.8 Å². The molecule has 0 unspecified atom stereocenters. The van der Waals surface area contributed by atoms with E-state index >= 15 is 0 Å². The Morgan fingerprint density at radius 1 is 1.25 bits per heavy atom. The van der Waals surface area contributed by atoms with E-state index in [1.54, 1.807) is 39.8 Å². The van der Waals surface area contributed by atoms with E-state index in [1.165, 1.54) is 11.8 Å². The monoisotopic (exact) mass is 469 g/mol. The van der Waals surface area contributed by atoms with Gasteiger partial charge in [0.1, 0.15) is 11.3 Å². The predicted molar refractivity (Wildman–Crippen MR) is 128 cm³/mol. The Hall–Kier alpha value is -3.11. The average Bonchev–Trinajstić information content (AvgIpc) is 3.42. The van der Waals surface area contributed by atoms with Gasteiger partial charge >= 0.3 is 0 Å². The minimum absolute atomic E-state index is 0.0986. The first-order chi connectivity index (χ1) is 15.5. The van der Waals surface area contributed by atoms with E-state index < -0.39 is 0 Å². The van der Waals surface area contributed by atoms with Crippen molar-refractivity contribution >= 4 is 45.7 Å². The topological polar surface area (TPSA) is 91.0 Å². The van der Waals surface area contributed by atoms with Gasteiger partial charge in [-0.15, -0.1) is 11.3 Å². The summed E-state index contributed by atoms with van der Waals surface area (Å²) in [5.41, 5.74) is 2.21. The summed E-state index contributed by atoms with van der Waals surface area (Å²) in [5, 5.41) is 9.78. The molecule has 1 N–H and O–H groups in total. The van der Waals surface area contributed by atoms with Crippen LogP contribution in [0.25, 0.3) is 11.0 Å². The number of aryl methyl sites for hydroxylation is 2. The lowest BCUT2D eigenvalue weighted by Crippen LogP contribution is -2.26. The third-order valence-electron chi connectivity index (χ3n) is 4.89. The molecule has 0 saturated carbocycles. The average molecular weight is 470 g/mol. The molecular weight excluding hydrogens is 446 g/mol. The van der Waals surface area contributed by atoms with Gasteiger partial charge in [0.2, 0.25) is 5.91 Å². The summed E-state index contributed by atoms with van der Waals surface area (Å²) < 4.78 is 8.61. The summed E-state index contributed by atoms with van der Waals surface area (Å²) >= 11 is 2.80. The maximum atomic E-state index is 13.4. The van der Waals surface area contributed by atoms with Gasteiger partial charge in [-0.05, 0) is 37.4 Å². The molecule has 0 aliphatic rings. The minimum Gasteiger partial charge on any atom is -0.495 e. The third-order valence-corrected chi connectivity index (χ3v) is 6.73. The van der Waals surface area contributed by atoms with E-state index in [9.17, 15) is 9.59 Å². The van der Waals surface area contributed by atoms with Crippen molar-refractivity contribution in [3.05, 3.63) is 62.7 Å². The molecule has 8 nitrogen and oxygen atoms in total. The highest BCUT2D eigenvalue weighted by molar-refractivity contribution is 7.99. The summed E-state index contributed by atoms with van der Waals surface area (Å²) in [5.74, 6) is 0.474. The summed E-state index contributed by atoms with van der Waals surface area (Å²) in [6.07, 6.45) is 0. The van der Waals surface area contributed by atoms with Crippen LogP contribution in [0.5, 0.6) is 5.75 Å². The smallest absolute Gasteiger partial charge is 0.280 e. The molecule has 4 rings (SSSR count). The molecular formula is C22H23N5O3S2. The molecule has 0 aliphatic heterocycles. The van der Waals surface area contributed by atoms with Crippen molar-refractivity contribution in [3.8, 4) is 5.75 Å². The number of nitrogens with zero attached hydrogens (tertiary/aromatic N) is 4. The quantitative estimate of drug-likeness (QED) is 0.312. The van der Waals surface area contributed by atoms with Crippen LogP contribution in [0.4, 0.5) is 5.69 Å². The summed E-state index contributed by atoms with van der Waals surface area (Å²) in [6.45, 7) is 4.76. The lowest BCUT2D eigenvalue weighted by molar-refractivity contribution is -0.113. The highest BCUT2D eigenvalue weighted by Crippen LogP contribution is 2.25. The molecule has 0 aliphatic carbocycles. The zero-order chi connectivity index (χ0) is 22.7. The Kier molecular flexibility index (Phi) is 6.61. The van der Waals surface area contributed by atoms with Crippen molar-refractivity contribution in [1.29, 1.82) is 0 Å². The summed E-state index contributed by atoms with van der Waals surface area (Å²) in [7, 11) is 1.56. The van der Waals surface area contributed by atoms with E-state index in [2.05, 4.69) is 10.4 Å². The fourth-order valence-electron chi connectivity index (χ4n) is 3.39. The van der Waals surface area contributed by atoms with E-state index in [-0.39, 0.29) is 17.2 Å². The van der Waals surface area contributed by atoms with E-state index in [4.69, 9.17) is 9.72 Å². The number of hydrogen-bond donors (Lipinski definition) is 1. The van der Waals surface area contributed by atoms with Crippen LogP contribution < -0.4 is 15.6 Å². The first-order valence-corrected chi connectivity index (χ1v) is 11.9. The van der Waals surface area contributed by atoms with Gasteiger partial charge < -0.3 is 10.1 Å². The normalized spacial score (nSPS) is 11.1. The first kappa shape index (κ1) is 22.1. The van der Waals surface area contributed by atoms with Gasteiger partial charge in [0, 0.05) is 11.4 Å². The molecule has 32 heavy (non-hydrogen) atoms. The molecule has 0 saturated heterocycles. The maximum absolute atomic E-state index is 13.4. The number of fused-ring (bicyclic) bond motifs is 1. The number of amides is 1. The van der Waals surface area contributed by atoms with Crippen molar-refractivity contribution in [2.75, 3.05) is 18.2 Å². The molecule has 3 aromatic heterocycles. The largest absolute Gasteiger partial charge is 0.495 e. The van der Waals surface area contributed by atoms with Gasteiger partial charge in [0.05, 0.1) is 30.8 Å². The number of anilines is 1. The van der Waals surface area contributed by atoms with Crippen LogP contribution >= 0.6 is 23.1 Å². The Morgan fingerprint density at radius 2 is 2.06 bits per heavy atom. The van der Waals surface area contributed by atoms with Crippen molar-refractivity contribution in [1.82, 2.24) is 19.3 Å². The predicted octanol–water partition coefficient (Wildman–Crippen LogP) is 3.77. The van der Waals surface area contributed by atoms with Crippen LogP contribution in [0.2, 0.25) is 0 Å². The van der Waals surface area contributed by atoms with Crippen LogP contribution in [0, 0.1) is 6.92 Å². The molecule has 3 heterocycles. The van der Waals surface area contributed by atoms with E-state index in [0.29, 0.717) is 46.4 Å². The molecule has 0 fully saturated rings. The zero-order valence-electron chi connectivity index (χ0n) is 18.0. The molecule has 10 heteroatoms. The van der Waals surface area contributed by atoms with Crippen molar-refractivity contribution in [2.24, 2.45) is 0 Å². The molecule has 1 amide bonds. The van der Waals surface area contributed by atoms with Crippen molar-refractivity contribution in [3.63, 3.8) is 0 Å². The van der Waals surface area contributed by atoms with E-state index in [0.717, 1.165) is 4.88 Å². The Labute approximate surface area is 193 Å².